The zero-order chi connectivity index (χ0) is 17.6. The van der Waals surface area contributed by atoms with Crippen LogP contribution < -0.4 is 0 Å². The van der Waals surface area contributed by atoms with Crippen molar-refractivity contribution in [2.45, 2.75) is 116 Å². The summed E-state index contributed by atoms with van der Waals surface area (Å²) in [6.07, 6.45) is 12.8. The maximum absolute atomic E-state index is 12.0. The molecule has 0 heterocycles. The molecule has 1 aliphatic carbocycles. The molecule has 0 unspecified atom stereocenters. The van der Waals surface area contributed by atoms with Gasteiger partial charge in [-0.25, -0.2) is 0 Å². The Kier molecular flexibility index (Phi) is 11.6. The standard InChI is InChI=1S/C20H36O4/c1-3-5-7-9-15-19(21)23-17-13-11-12-14-18(17)24-20(22)16-10-8-6-4-2/h17-18H,3-16H2,1-2H3/t17-,18-/m1/s1. The Morgan fingerprint density at radius 3 is 1.50 bits per heavy atom. The molecule has 0 bridgehead atoms. The van der Waals surface area contributed by atoms with Gasteiger partial charge in [0.2, 0.25) is 0 Å². The fraction of sp³-hybridized carbons (Fsp3) is 0.900. The molecule has 4 heteroatoms. The second-order valence-corrected chi connectivity index (χ2v) is 6.96. The largest absolute Gasteiger partial charge is 0.458 e. The van der Waals surface area contributed by atoms with E-state index in [0.717, 1.165) is 77.0 Å². The number of ether oxygens (including phenoxy) is 2. The Bertz CT molecular complexity index is 320. The molecule has 0 radical (unpaired) electrons. The molecule has 1 rings (SSSR count). The molecular formula is C20H36O4. The molecule has 2 atom stereocenters. The molecule has 4 nitrogen and oxygen atoms in total. The first-order valence-corrected chi connectivity index (χ1v) is 10.1. The minimum absolute atomic E-state index is 0.137. The summed E-state index contributed by atoms with van der Waals surface area (Å²) in [5.41, 5.74) is 0. The Morgan fingerprint density at radius 2 is 1.12 bits per heavy atom. The molecule has 140 valence electrons. The molecule has 1 aliphatic rings. The fourth-order valence-corrected chi connectivity index (χ4v) is 3.18. The Morgan fingerprint density at radius 1 is 0.708 bits per heavy atom. The van der Waals surface area contributed by atoms with E-state index in [9.17, 15) is 9.59 Å². The summed E-state index contributed by atoms with van der Waals surface area (Å²) in [6.45, 7) is 4.31. The van der Waals surface area contributed by atoms with Gasteiger partial charge in [-0.2, -0.15) is 0 Å². The number of carbonyl (C=O) groups excluding carboxylic acids is 2. The normalized spacial score (nSPS) is 20.6. The maximum Gasteiger partial charge on any atom is 0.306 e. The van der Waals surface area contributed by atoms with Crippen molar-refractivity contribution < 1.29 is 19.1 Å². The van der Waals surface area contributed by atoms with Gasteiger partial charge in [-0.05, 0) is 38.5 Å². The lowest BCUT2D eigenvalue weighted by Gasteiger charge is -2.30. The van der Waals surface area contributed by atoms with Gasteiger partial charge in [-0.15, -0.1) is 0 Å². The number of hydrogen-bond acceptors (Lipinski definition) is 4. The van der Waals surface area contributed by atoms with Crippen LogP contribution in [-0.2, 0) is 19.1 Å². The van der Waals surface area contributed by atoms with Gasteiger partial charge in [0.1, 0.15) is 12.2 Å². The van der Waals surface area contributed by atoms with Crippen molar-refractivity contribution in [3.8, 4) is 0 Å². The van der Waals surface area contributed by atoms with Crippen LogP contribution in [0.2, 0.25) is 0 Å². The van der Waals surface area contributed by atoms with Gasteiger partial charge >= 0.3 is 11.9 Å². The lowest BCUT2D eigenvalue weighted by atomic mass is 9.94. The molecule has 1 saturated carbocycles. The first-order chi connectivity index (χ1) is 11.7. The van der Waals surface area contributed by atoms with Crippen LogP contribution in [0.1, 0.15) is 104 Å². The third kappa shape index (κ3) is 9.29. The predicted molar refractivity (Wildman–Crippen MR) is 95.7 cm³/mol. The molecule has 0 saturated heterocycles. The van der Waals surface area contributed by atoms with Gasteiger partial charge in [0.15, 0.2) is 0 Å². The number of hydrogen-bond donors (Lipinski definition) is 0. The number of carbonyl (C=O) groups is 2. The third-order valence-corrected chi connectivity index (χ3v) is 4.68. The summed E-state index contributed by atoms with van der Waals surface area (Å²) in [6, 6.07) is 0. The molecule has 24 heavy (non-hydrogen) atoms. The average molecular weight is 341 g/mol. The van der Waals surface area contributed by atoms with E-state index < -0.39 is 0 Å². The van der Waals surface area contributed by atoms with Crippen LogP contribution in [0.3, 0.4) is 0 Å². The van der Waals surface area contributed by atoms with E-state index in [0.29, 0.717) is 12.8 Å². The van der Waals surface area contributed by atoms with E-state index in [1.165, 1.54) is 0 Å². The summed E-state index contributed by atoms with van der Waals surface area (Å²) < 4.78 is 11.2. The quantitative estimate of drug-likeness (QED) is 0.356. The van der Waals surface area contributed by atoms with Gasteiger partial charge in [-0.1, -0.05) is 52.4 Å². The van der Waals surface area contributed by atoms with Gasteiger partial charge in [0.25, 0.3) is 0 Å². The maximum atomic E-state index is 12.0. The second kappa shape index (κ2) is 13.3. The van der Waals surface area contributed by atoms with Crippen LogP contribution in [-0.4, -0.2) is 24.1 Å². The summed E-state index contributed by atoms with van der Waals surface area (Å²) >= 11 is 0. The molecule has 1 fully saturated rings. The lowest BCUT2D eigenvalue weighted by Crippen LogP contribution is -2.37. The van der Waals surface area contributed by atoms with Gasteiger partial charge in [-0.3, -0.25) is 9.59 Å². The van der Waals surface area contributed by atoms with Crippen LogP contribution in [0, 0.1) is 0 Å². The minimum atomic E-state index is -0.239. The zero-order valence-corrected chi connectivity index (χ0v) is 15.7. The number of esters is 2. The van der Waals surface area contributed by atoms with E-state index in [-0.39, 0.29) is 24.1 Å². The van der Waals surface area contributed by atoms with Crippen molar-refractivity contribution in [2.75, 3.05) is 0 Å². The van der Waals surface area contributed by atoms with Crippen molar-refractivity contribution in [1.29, 1.82) is 0 Å². The van der Waals surface area contributed by atoms with E-state index in [1.807, 2.05) is 0 Å². The van der Waals surface area contributed by atoms with Crippen LogP contribution in [0.15, 0.2) is 0 Å². The van der Waals surface area contributed by atoms with Gasteiger partial charge < -0.3 is 9.47 Å². The molecule has 0 aromatic heterocycles. The number of unbranched alkanes of at least 4 members (excludes halogenated alkanes) is 6. The Labute approximate surface area is 147 Å². The predicted octanol–water partition coefficient (Wildman–Crippen LogP) is 5.32. The van der Waals surface area contributed by atoms with E-state index >= 15 is 0 Å². The molecule has 0 aromatic rings. The van der Waals surface area contributed by atoms with Crippen LogP contribution in [0.5, 0.6) is 0 Å². The smallest absolute Gasteiger partial charge is 0.306 e. The minimum Gasteiger partial charge on any atom is -0.458 e. The van der Waals surface area contributed by atoms with E-state index in [1.54, 1.807) is 0 Å². The SMILES string of the molecule is CCCCCCC(=O)O[C@@H]1CCCC[C@H]1OC(=O)CCCCCC. The first-order valence-electron chi connectivity index (χ1n) is 10.1. The summed E-state index contributed by atoms with van der Waals surface area (Å²) in [5, 5.41) is 0. The molecular weight excluding hydrogens is 304 g/mol. The molecule has 0 spiro atoms. The van der Waals surface area contributed by atoms with Gasteiger partial charge in [0.05, 0.1) is 0 Å². The molecule has 0 aliphatic heterocycles. The van der Waals surface area contributed by atoms with Crippen molar-refractivity contribution in [2.24, 2.45) is 0 Å². The summed E-state index contributed by atoms with van der Waals surface area (Å²) in [7, 11) is 0. The van der Waals surface area contributed by atoms with Crippen LogP contribution in [0.25, 0.3) is 0 Å². The third-order valence-electron chi connectivity index (χ3n) is 4.68. The summed E-state index contributed by atoms with van der Waals surface area (Å²) in [5.74, 6) is -0.274. The number of rotatable bonds is 12. The average Bonchev–Trinajstić information content (AvgIpc) is 2.57. The molecule has 0 aromatic carbocycles. The highest BCUT2D eigenvalue weighted by molar-refractivity contribution is 5.70. The zero-order valence-electron chi connectivity index (χ0n) is 15.7. The van der Waals surface area contributed by atoms with Crippen molar-refractivity contribution in [1.82, 2.24) is 0 Å². The van der Waals surface area contributed by atoms with E-state index in [2.05, 4.69) is 13.8 Å². The van der Waals surface area contributed by atoms with Crippen LogP contribution in [0.4, 0.5) is 0 Å². The second-order valence-electron chi connectivity index (χ2n) is 6.96. The highest BCUT2D eigenvalue weighted by atomic mass is 16.6. The molecule has 0 amide bonds. The fourth-order valence-electron chi connectivity index (χ4n) is 3.18. The Hall–Kier alpha value is -1.06. The van der Waals surface area contributed by atoms with Crippen molar-refractivity contribution in [3.05, 3.63) is 0 Å². The highest BCUT2D eigenvalue weighted by Crippen LogP contribution is 2.25. The highest BCUT2D eigenvalue weighted by Gasteiger charge is 2.31. The first kappa shape index (κ1) is 21.0. The van der Waals surface area contributed by atoms with Crippen LogP contribution >= 0.6 is 0 Å². The summed E-state index contributed by atoms with van der Waals surface area (Å²) in [4.78, 5) is 24.0. The Balaban J connectivity index is 2.30. The lowest BCUT2D eigenvalue weighted by molar-refractivity contribution is -0.171. The van der Waals surface area contributed by atoms with Gasteiger partial charge in [0, 0.05) is 12.8 Å². The molecule has 0 N–H and O–H groups in total. The van der Waals surface area contributed by atoms with Crippen molar-refractivity contribution in [3.63, 3.8) is 0 Å². The monoisotopic (exact) mass is 340 g/mol. The van der Waals surface area contributed by atoms with Crippen molar-refractivity contribution >= 4 is 11.9 Å². The topological polar surface area (TPSA) is 52.6 Å². The van der Waals surface area contributed by atoms with E-state index in [4.69, 9.17) is 9.47 Å².